The molecule has 6 heteroatoms. The van der Waals surface area contributed by atoms with E-state index in [-0.39, 0.29) is 13.6 Å². The number of nitrogens with one attached hydrogen (secondary N) is 1. The number of urea groups is 2. The van der Waals surface area contributed by atoms with E-state index in [9.17, 15) is 9.59 Å². The molecule has 0 rings (SSSR count). The van der Waals surface area contributed by atoms with Crippen molar-refractivity contribution in [3.8, 4) is 0 Å². The van der Waals surface area contributed by atoms with Gasteiger partial charge in [0.25, 0.3) is 0 Å². The van der Waals surface area contributed by atoms with Gasteiger partial charge in [-0.25, -0.2) is 9.59 Å². The first-order valence-corrected chi connectivity index (χ1v) is 1.49. The van der Waals surface area contributed by atoms with E-state index >= 15 is 0 Å². The zero-order chi connectivity index (χ0) is 5.86. The van der Waals surface area contributed by atoms with Gasteiger partial charge in [-0.1, -0.05) is 7.43 Å². The van der Waals surface area contributed by atoms with Gasteiger partial charge in [-0.05, 0) is 0 Å². The van der Waals surface area contributed by atoms with E-state index < -0.39 is 12.1 Å². The number of carbonyl (C=O) groups is 2. The number of hydrogen-bond donors (Lipinski definition) is 4. The quantitative estimate of drug-likeness (QED) is 0.358. The summed E-state index contributed by atoms with van der Waals surface area (Å²) < 4.78 is 0. The molecular formula is C3H12N4O2. The second-order valence-corrected chi connectivity index (χ2v) is 0.854. The predicted molar refractivity (Wildman–Crippen MR) is 34.1 cm³/mol. The van der Waals surface area contributed by atoms with Crippen LogP contribution in [0.4, 0.5) is 9.59 Å². The standard InChI is InChI=1S/C2H5N3O2.CH4.H3N/c3-1(6)5-2(4)7;;/h(H5,3,4,5,6,7);1H4;1H3. The van der Waals surface area contributed by atoms with Crippen LogP contribution in [0.15, 0.2) is 0 Å². The maximum atomic E-state index is 9.62. The molecule has 0 bridgehead atoms. The van der Waals surface area contributed by atoms with Crippen LogP contribution in [0.1, 0.15) is 7.43 Å². The Hall–Kier alpha value is -1.30. The van der Waals surface area contributed by atoms with Crippen molar-refractivity contribution >= 4 is 12.1 Å². The smallest absolute Gasteiger partial charge is 0.320 e. The van der Waals surface area contributed by atoms with Crippen molar-refractivity contribution in [3.63, 3.8) is 0 Å². The fourth-order valence-electron chi connectivity index (χ4n) is 0.121. The number of rotatable bonds is 0. The number of carbonyl (C=O) groups excluding carboxylic acids is 2. The Bertz CT molecular complexity index is 90.0. The van der Waals surface area contributed by atoms with E-state index in [4.69, 9.17) is 0 Å². The fraction of sp³-hybridized carbons (Fsp3) is 0.333. The van der Waals surface area contributed by atoms with Crippen LogP contribution in [0.5, 0.6) is 0 Å². The molecule has 0 radical (unpaired) electrons. The third-order valence-corrected chi connectivity index (χ3v) is 0.246. The second kappa shape index (κ2) is 6.70. The van der Waals surface area contributed by atoms with E-state index in [2.05, 4.69) is 11.5 Å². The van der Waals surface area contributed by atoms with Crippen LogP contribution in [0.2, 0.25) is 0 Å². The van der Waals surface area contributed by atoms with Gasteiger partial charge < -0.3 is 17.6 Å². The van der Waals surface area contributed by atoms with Gasteiger partial charge in [-0.15, -0.1) is 0 Å². The fourth-order valence-corrected chi connectivity index (χ4v) is 0.121. The summed E-state index contributed by atoms with van der Waals surface area (Å²) in [5.74, 6) is 0. The molecular weight excluding hydrogens is 124 g/mol. The van der Waals surface area contributed by atoms with Crippen LogP contribution < -0.4 is 22.9 Å². The summed E-state index contributed by atoms with van der Waals surface area (Å²) in [6.07, 6.45) is 0. The van der Waals surface area contributed by atoms with E-state index in [1.54, 1.807) is 5.32 Å². The SMILES string of the molecule is C.N.NC(=O)NC(N)=O. The summed E-state index contributed by atoms with van der Waals surface area (Å²) in [6.45, 7) is 0. The largest absolute Gasteiger partial charge is 0.351 e. The van der Waals surface area contributed by atoms with Crippen LogP contribution >= 0.6 is 0 Å². The average Bonchev–Trinajstić information content (AvgIpc) is 1.27. The number of imide groups is 1. The van der Waals surface area contributed by atoms with Gasteiger partial charge in [-0.3, -0.25) is 5.32 Å². The van der Waals surface area contributed by atoms with Gasteiger partial charge in [0.2, 0.25) is 0 Å². The molecule has 0 spiro atoms. The van der Waals surface area contributed by atoms with Crippen molar-refractivity contribution < 1.29 is 9.59 Å². The molecule has 4 amide bonds. The lowest BCUT2D eigenvalue weighted by Gasteiger charge is -1.88. The summed E-state index contributed by atoms with van der Waals surface area (Å²) in [4.78, 5) is 19.2. The number of primary amides is 2. The van der Waals surface area contributed by atoms with Crippen LogP contribution in [0, 0.1) is 0 Å². The highest BCUT2D eigenvalue weighted by Crippen LogP contribution is 1.51. The van der Waals surface area contributed by atoms with Crippen molar-refractivity contribution in [2.24, 2.45) is 11.5 Å². The molecule has 0 fully saturated rings. The third-order valence-electron chi connectivity index (χ3n) is 0.246. The normalized spacial score (nSPS) is 5.78. The highest BCUT2D eigenvalue weighted by Gasteiger charge is 1.92. The summed E-state index contributed by atoms with van der Waals surface area (Å²) in [7, 11) is 0. The van der Waals surface area contributed by atoms with E-state index in [0.29, 0.717) is 0 Å². The molecule has 0 aromatic heterocycles. The first kappa shape index (κ1) is 15.6. The van der Waals surface area contributed by atoms with Crippen molar-refractivity contribution in [3.05, 3.63) is 0 Å². The molecule has 0 saturated carbocycles. The Morgan fingerprint density at radius 3 is 1.33 bits per heavy atom. The minimum atomic E-state index is -0.938. The molecule has 0 aliphatic carbocycles. The zero-order valence-corrected chi connectivity index (χ0v) is 4.18. The van der Waals surface area contributed by atoms with Crippen LogP contribution in [-0.2, 0) is 0 Å². The third kappa shape index (κ3) is 20.3. The topological polar surface area (TPSA) is 133 Å². The predicted octanol–water partition coefficient (Wildman–Crippen LogP) is -0.468. The first-order valence-electron chi connectivity index (χ1n) is 1.49. The maximum absolute atomic E-state index is 9.62. The van der Waals surface area contributed by atoms with Crippen LogP contribution in [0.3, 0.4) is 0 Å². The molecule has 6 nitrogen and oxygen atoms in total. The zero-order valence-electron chi connectivity index (χ0n) is 4.18. The van der Waals surface area contributed by atoms with E-state index in [1.807, 2.05) is 0 Å². The number of amides is 4. The molecule has 0 atom stereocenters. The summed E-state index contributed by atoms with van der Waals surface area (Å²) >= 11 is 0. The Morgan fingerprint density at radius 1 is 1.11 bits per heavy atom. The molecule has 0 saturated heterocycles. The molecule has 0 unspecified atom stereocenters. The van der Waals surface area contributed by atoms with Crippen molar-refractivity contribution in [1.29, 1.82) is 0 Å². The maximum Gasteiger partial charge on any atom is 0.320 e. The molecule has 0 aliphatic heterocycles. The lowest BCUT2D eigenvalue weighted by molar-refractivity contribution is 0.236. The molecule has 0 aliphatic rings. The van der Waals surface area contributed by atoms with Crippen molar-refractivity contribution in [2.45, 2.75) is 7.43 Å². The molecule has 8 N–H and O–H groups in total. The summed E-state index contributed by atoms with van der Waals surface area (Å²) in [6, 6.07) is -1.88. The molecule has 0 aromatic carbocycles. The molecule has 0 aromatic rings. The second-order valence-electron chi connectivity index (χ2n) is 0.854. The monoisotopic (exact) mass is 136 g/mol. The van der Waals surface area contributed by atoms with Gasteiger partial charge >= 0.3 is 12.1 Å². The van der Waals surface area contributed by atoms with Crippen molar-refractivity contribution in [2.75, 3.05) is 0 Å². The van der Waals surface area contributed by atoms with Gasteiger partial charge in [-0.2, -0.15) is 0 Å². The Morgan fingerprint density at radius 2 is 1.33 bits per heavy atom. The van der Waals surface area contributed by atoms with Crippen LogP contribution in [-0.4, -0.2) is 12.1 Å². The van der Waals surface area contributed by atoms with Gasteiger partial charge in [0.05, 0.1) is 0 Å². The van der Waals surface area contributed by atoms with E-state index in [1.165, 1.54) is 0 Å². The Labute approximate surface area is 53.2 Å². The van der Waals surface area contributed by atoms with E-state index in [0.717, 1.165) is 0 Å². The van der Waals surface area contributed by atoms with Crippen molar-refractivity contribution in [1.82, 2.24) is 11.5 Å². The molecule has 0 heterocycles. The minimum Gasteiger partial charge on any atom is -0.351 e. The van der Waals surface area contributed by atoms with Crippen LogP contribution in [0.25, 0.3) is 0 Å². The summed E-state index contributed by atoms with van der Waals surface area (Å²) in [5, 5.41) is 1.58. The Kier molecular flexibility index (Phi) is 11.6. The first-order chi connectivity index (χ1) is 3.13. The lowest BCUT2D eigenvalue weighted by atomic mass is 10.9. The minimum absolute atomic E-state index is 0. The van der Waals surface area contributed by atoms with Gasteiger partial charge in [0.1, 0.15) is 0 Å². The highest BCUT2D eigenvalue weighted by atomic mass is 16.2. The Balaban J connectivity index is -0.000000180. The highest BCUT2D eigenvalue weighted by molar-refractivity contribution is 5.91. The van der Waals surface area contributed by atoms with Gasteiger partial charge in [0.15, 0.2) is 0 Å². The lowest BCUT2D eigenvalue weighted by Crippen LogP contribution is -2.38. The molecule has 9 heavy (non-hydrogen) atoms. The van der Waals surface area contributed by atoms with Gasteiger partial charge in [0, 0.05) is 0 Å². The number of hydrogen-bond acceptors (Lipinski definition) is 3. The average molecular weight is 136 g/mol. The summed E-state index contributed by atoms with van der Waals surface area (Å²) in [5.41, 5.74) is 8.88. The number of nitrogens with two attached hydrogens (primary N) is 2. The molecule has 56 valence electrons.